The van der Waals surface area contributed by atoms with Crippen LogP contribution in [0.5, 0.6) is 0 Å². The SMILES string of the molecule is CCCCCCCCCCCCCCCCCCC[C-]=O.[K+].[OH-]. The quantitative estimate of drug-likeness (QED) is 0.213. The molecule has 0 amide bonds. The van der Waals surface area contributed by atoms with Crippen molar-refractivity contribution in [3.05, 3.63) is 0 Å². The summed E-state index contributed by atoms with van der Waals surface area (Å²) in [4.78, 5) is 10.0. The van der Waals surface area contributed by atoms with Crippen LogP contribution in [0.1, 0.15) is 122 Å². The Balaban J connectivity index is -0.00000200. The Morgan fingerprint density at radius 3 is 1.04 bits per heavy atom. The van der Waals surface area contributed by atoms with Crippen LogP contribution < -0.4 is 51.4 Å². The second kappa shape index (κ2) is 28.1. The van der Waals surface area contributed by atoms with Crippen LogP contribution in [0.2, 0.25) is 0 Å². The molecule has 0 aliphatic rings. The molecule has 0 aliphatic heterocycles. The minimum Gasteiger partial charge on any atom is -0.870 e. The zero-order valence-electron chi connectivity index (χ0n) is 16.1. The minimum atomic E-state index is 0. The van der Waals surface area contributed by atoms with Gasteiger partial charge in [0.1, 0.15) is 0 Å². The predicted octanol–water partition coefficient (Wildman–Crippen LogP) is 3.97. The van der Waals surface area contributed by atoms with Crippen LogP contribution in [0, 0.1) is 0 Å². The van der Waals surface area contributed by atoms with Crippen LogP contribution in [-0.2, 0) is 4.79 Å². The van der Waals surface area contributed by atoms with E-state index in [1.165, 1.54) is 103 Å². The smallest absolute Gasteiger partial charge is 0.870 e. The molecular weight excluding hydrogens is 311 g/mol. The minimum absolute atomic E-state index is 0. The molecule has 0 aromatic carbocycles. The Kier molecular flexibility index (Phi) is 35.5. The molecule has 23 heavy (non-hydrogen) atoms. The van der Waals surface area contributed by atoms with Crippen LogP contribution in [-0.4, -0.2) is 11.8 Å². The third-order valence-electron chi connectivity index (χ3n) is 4.38. The molecule has 0 heterocycles. The zero-order valence-corrected chi connectivity index (χ0v) is 19.2. The van der Waals surface area contributed by atoms with E-state index in [-0.39, 0.29) is 56.9 Å². The number of hydrogen-bond acceptors (Lipinski definition) is 2. The van der Waals surface area contributed by atoms with Crippen molar-refractivity contribution in [1.29, 1.82) is 0 Å². The van der Waals surface area contributed by atoms with E-state index in [9.17, 15) is 4.79 Å². The van der Waals surface area contributed by atoms with Gasteiger partial charge < -0.3 is 10.3 Å². The van der Waals surface area contributed by atoms with Gasteiger partial charge in [0, 0.05) is 0 Å². The molecule has 0 aromatic heterocycles. The van der Waals surface area contributed by atoms with Crippen LogP contribution in [0.3, 0.4) is 0 Å². The summed E-state index contributed by atoms with van der Waals surface area (Å²) in [6.45, 7) is 2.28. The first-order valence-corrected chi connectivity index (χ1v) is 9.76. The van der Waals surface area contributed by atoms with Gasteiger partial charge in [-0.1, -0.05) is 116 Å². The summed E-state index contributed by atoms with van der Waals surface area (Å²) in [5, 5.41) is 0. The van der Waals surface area contributed by atoms with Gasteiger partial charge in [0.25, 0.3) is 0 Å². The second-order valence-corrected chi connectivity index (χ2v) is 6.55. The van der Waals surface area contributed by atoms with Gasteiger partial charge in [0.15, 0.2) is 0 Å². The Labute approximate surface area is 188 Å². The fourth-order valence-electron chi connectivity index (χ4n) is 2.92. The van der Waals surface area contributed by atoms with Crippen molar-refractivity contribution in [2.24, 2.45) is 0 Å². The van der Waals surface area contributed by atoms with Crippen LogP contribution in [0.4, 0.5) is 0 Å². The third kappa shape index (κ3) is 28.3. The molecule has 0 aliphatic carbocycles. The van der Waals surface area contributed by atoms with Crippen LogP contribution in [0.15, 0.2) is 0 Å². The average Bonchev–Trinajstić information content (AvgIpc) is 2.50. The maximum Gasteiger partial charge on any atom is 1.00 e. The Morgan fingerprint density at radius 1 is 0.522 bits per heavy atom. The van der Waals surface area contributed by atoms with Crippen molar-refractivity contribution in [2.75, 3.05) is 0 Å². The molecule has 134 valence electrons. The molecule has 0 bridgehead atoms. The second-order valence-electron chi connectivity index (χ2n) is 6.55. The molecule has 0 fully saturated rings. The molecule has 2 nitrogen and oxygen atoms in total. The van der Waals surface area contributed by atoms with Crippen molar-refractivity contribution in [1.82, 2.24) is 0 Å². The Hall–Kier alpha value is 1.27. The third-order valence-corrected chi connectivity index (χ3v) is 4.38. The Morgan fingerprint density at radius 2 is 0.783 bits per heavy atom. The summed E-state index contributed by atoms with van der Waals surface area (Å²) in [6.07, 6.45) is 26.2. The fraction of sp³-hybridized carbons (Fsp3) is 0.950. The van der Waals surface area contributed by atoms with E-state index < -0.39 is 0 Å². The summed E-state index contributed by atoms with van der Waals surface area (Å²) in [5.74, 6) is 0. The first-order chi connectivity index (χ1) is 10.4. The van der Waals surface area contributed by atoms with Gasteiger partial charge in [-0.2, -0.15) is 6.42 Å². The zero-order chi connectivity index (χ0) is 15.4. The summed E-state index contributed by atoms with van der Waals surface area (Å²) >= 11 is 0. The van der Waals surface area contributed by atoms with E-state index >= 15 is 0 Å². The summed E-state index contributed by atoms with van der Waals surface area (Å²) in [5.41, 5.74) is 0. The molecule has 0 unspecified atom stereocenters. The maximum atomic E-state index is 10.0. The normalized spacial score (nSPS) is 9.96. The Bertz CT molecular complexity index is 198. The maximum absolute atomic E-state index is 10.0. The van der Waals surface area contributed by atoms with Gasteiger partial charge in [0.05, 0.1) is 0 Å². The van der Waals surface area contributed by atoms with E-state index in [0.29, 0.717) is 6.42 Å². The fourth-order valence-corrected chi connectivity index (χ4v) is 2.92. The van der Waals surface area contributed by atoms with Crippen molar-refractivity contribution in [3.8, 4) is 0 Å². The van der Waals surface area contributed by atoms with Crippen molar-refractivity contribution in [3.63, 3.8) is 0 Å². The number of rotatable bonds is 18. The first-order valence-electron chi connectivity index (χ1n) is 9.76. The molecule has 0 radical (unpaired) electrons. The average molecular weight is 352 g/mol. The molecule has 0 spiro atoms. The first kappa shape index (κ1) is 29.0. The predicted molar refractivity (Wildman–Crippen MR) is 96.4 cm³/mol. The van der Waals surface area contributed by atoms with Gasteiger partial charge in [0.2, 0.25) is 0 Å². The monoisotopic (exact) mass is 351 g/mol. The summed E-state index contributed by atoms with van der Waals surface area (Å²) in [7, 11) is 0. The topological polar surface area (TPSA) is 47.1 Å². The van der Waals surface area contributed by atoms with Gasteiger partial charge in [-0.05, 0) is 0 Å². The number of unbranched alkanes of at least 4 members (excludes halogenated alkanes) is 17. The summed E-state index contributed by atoms with van der Waals surface area (Å²) < 4.78 is 0. The molecule has 0 atom stereocenters. The van der Waals surface area contributed by atoms with E-state index in [0.717, 1.165) is 6.42 Å². The van der Waals surface area contributed by atoms with Crippen LogP contribution >= 0.6 is 0 Å². The standard InChI is InChI=1S/C20H39O.K.H2O/c1-2-3-4-5-6-7-8-9-10-11-12-13-14-15-16-17-18-19-20-21;;/h2-19H2,1H3;;1H2/q-1;+1;/p-1. The van der Waals surface area contributed by atoms with Crippen molar-refractivity contribution >= 4 is 6.29 Å². The molecule has 1 N–H and O–H groups in total. The van der Waals surface area contributed by atoms with E-state index in [1.54, 1.807) is 0 Å². The van der Waals surface area contributed by atoms with E-state index in [1.807, 2.05) is 6.29 Å². The molecule has 0 aromatic rings. The van der Waals surface area contributed by atoms with Gasteiger partial charge in [-0.3, -0.25) is 6.29 Å². The van der Waals surface area contributed by atoms with E-state index in [2.05, 4.69) is 6.92 Å². The molecule has 0 saturated heterocycles. The molecule has 0 saturated carbocycles. The number of carbonyl (C=O) groups excluding carboxylic acids is 1. The summed E-state index contributed by atoms with van der Waals surface area (Å²) in [6, 6.07) is 0. The van der Waals surface area contributed by atoms with Gasteiger partial charge in [-0.15, -0.1) is 0 Å². The van der Waals surface area contributed by atoms with Crippen LogP contribution in [0.25, 0.3) is 0 Å². The van der Waals surface area contributed by atoms with Crippen molar-refractivity contribution < 1.29 is 61.7 Å². The molecular formula is C20H40KO2-. The molecule has 3 heteroatoms. The van der Waals surface area contributed by atoms with Crippen molar-refractivity contribution in [2.45, 2.75) is 122 Å². The van der Waals surface area contributed by atoms with Gasteiger partial charge >= 0.3 is 51.4 Å². The number of hydrogen-bond donors (Lipinski definition) is 0. The largest absolute Gasteiger partial charge is 1.00 e. The van der Waals surface area contributed by atoms with Gasteiger partial charge in [-0.25, -0.2) is 0 Å². The van der Waals surface area contributed by atoms with E-state index in [4.69, 9.17) is 0 Å². The molecule has 0 rings (SSSR count).